The Bertz CT molecular complexity index is 300. The van der Waals surface area contributed by atoms with Crippen LogP contribution in [0.5, 0.6) is 0 Å². The zero-order valence-electron chi connectivity index (χ0n) is 6.00. The molecule has 2 nitrogen and oxygen atoms in total. The minimum atomic E-state index is -0.995. The van der Waals surface area contributed by atoms with Gasteiger partial charge in [0.15, 0.2) is 0 Å². The lowest BCUT2D eigenvalue weighted by Crippen LogP contribution is -1.95. The molecule has 1 aromatic rings. The number of nitrogens with two attached hydrogens (primary N) is 1. The molecule has 0 saturated heterocycles. The van der Waals surface area contributed by atoms with Gasteiger partial charge < -0.3 is 5.73 Å². The lowest BCUT2D eigenvalue weighted by atomic mass is 10.3. The molecule has 0 heterocycles. The Kier molecular flexibility index (Phi) is 2.67. The number of halogens is 1. The standard InChI is InChI=1S/C7H8BrNOS/c1-11(10)7-3-2-5(8)4-6(7)9/h2-4H,9H2,1H3. The number of anilines is 1. The van der Waals surface area contributed by atoms with E-state index in [9.17, 15) is 4.21 Å². The summed E-state index contributed by atoms with van der Waals surface area (Å²) in [6, 6.07) is 5.33. The summed E-state index contributed by atoms with van der Waals surface area (Å²) >= 11 is 3.27. The molecular weight excluding hydrogens is 226 g/mol. The van der Waals surface area contributed by atoms with E-state index in [4.69, 9.17) is 5.73 Å². The highest BCUT2D eigenvalue weighted by Crippen LogP contribution is 2.20. The maximum Gasteiger partial charge on any atom is 0.0615 e. The van der Waals surface area contributed by atoms with Crippen LogP contribution in [0.3, 0.4) is 0 Å². The summed E-state index contributed by atoms with van der Waals surface area (Å²) in [5.41, 5.74) is 6.17. The SMILES string of the molecule is CS(=O)c1ccc(Br)cc1N. The van der Waals surface area contributed by atoms with Gasteiger partial charge in [-0.1, -0.05) is 15.9 Å². The van der Waals surface area contributed by atoms with E-state index in [1.165, 1.54) is 0 Å². The van der Waals surface area contributed by atoms with Crippen LogP contribution in [0, 0.1) is 0 Å². The zero-order chi connectivity index (χ0) is 8.43. The quantitative estimate of drug-likeness (QED) is 0.752. The topological polar surface area (TPSA) is 43.1 Å². The predicted molar refractivity (Wildman–Crippen MR) is 50.9 cm³/mol. The Morgan fingerprint density at radius 1 is 1.55 bits per heavy atom. The van der Waals surface area contributed by atoms with Crippen molar-refractivity contribution >= 4 is 32.4 Å². The van der Waals surface area contributed by atoms with Gasteiger partial charge in [-0.05, 0) is 18.2 Å². The van der Waals surface area contributed by atoms with Crippen LogP contribution in [0.4, 0.5) is 5.69 Å². The fourth-order valence-electron chi connectivity index (χ4n) is 0.781. The third-order valence-electron chi connectivity index (χ3n) is 1.28. The first-order chi connectivity index (χ1) is 5.11. The van der Waals surface area contributed by atoms with Gasteiger partial charge in [0.2, 0.25) is 0 Å². The molecule has 1 rings (SSSR count). The zero-order valence-corrected chi connectivity index (χ0v) is 8.41. The summed E-state index contributed by atoms with van der Waals surface area (Å²) in [5.74, 6) is 0. The highest BCUT2D eigenvalue weighted by molar-refractivity contribution is 9.10. The second-order valence-electron chi connectivity index (χ2n) is 2.14. The van der Waals surface area contributed by atoms with Gasteiger partial charge in [-0.15, -0.1) is 0 Å². The van der Waals surface area contributed by atoms with Gasteiger partial charge >= 0.3 is 0 Å². The monoisotopic (exact) mass is 233 g/mol. The van der Waals surface area contributed by atoms with Crippen LogP contribution in [-0.4, -0.2) is 10.5 Å². The molecule has 0 spiro atoms. The molecule has 2 N–H and O–H groups in total. The molecule has 11 heavy (non-hydrogen) atoms. The largest absolute Gasteiger partial charge is 0.398 e. The Morgan fingerprint density at radius 3 is 2.64 bits per heavy atom. The van der Waals surface area contributed by atoms with E-state index in [-0.39, 0.29) is 0 Å². The van der Waals surface area contributed by atoms with Crippen LogP contribution in [0.15, 0.2) is 27.6 Å². The van der Waals surface area contributed by atoms with Crippen molar-refractivity contribution in [3.8, 4) is 0 Å². The Hall–Kier alpha value is -0.350. The maximum atomic E-state index is 11.0. The molecule has 0 radical (unpaired) electrons. The lowest BCUT2D eigenvalue weighted by molar-refractivity contribution is 0.687. The minimum absolute atomic E-state index is 0.570. The normalized spacial score (nSPS) is 12.9. The van der Waals surface area contributed by atoms with Crippen LogP contribution >= 0.6 is 15.9 Å². The average Bonchev–Trinajstić information content (AvgIpc) is 1.85. The molecular formula is C7H8BrNOS. The van der Waals surface area contributed by atoms with E-state index in [0.717, 1.165) is 4.47 Å². The molecule has 1 aromatic carbocycles. The van der Waals surface area contributed by atoms with Gasteiger partial charge in [0.05, 0.1) is 15.7 Å². The second kappa shape index (κ2) is 3.36. The Labute approximate surface area is 76.4 Å². The lowest BCUT2D eigenvalue weighted by Gasteiger charge is -2.00. The molecule has 0 aromatic heterocycles. The van der Waals surface area contributed by atoms with Crippen molar-refractivity contribution in [3.05, 3.63) is 22.7 Å². The highest BCUT2D eigenvalue weighted by Gasteiger charge is 2.01. The van der Waals surface area contributed by atoms with Gasteiger partial charge in [0.25, 0.3) is 0 Å². The van der Waals surface area contributed by atoms with Crippen molar-refractivity contribution in [1.29, 1.82) is 0 Å². The molecule has 1 unspecified atom stereocenters. The van der Waals surface area contributed by atoms with Crippen molar-refractivity contribution in [2.45, 2.75) is 4.90 Å². The van der Waals surface area contributed by atoms with Crippen molar-refractivity contribution in [2.75, 3.05) is 12.0 Å². The fourth-order valence-corrected chi connectivity index (χ4v) is 1.81. The van der Waals surface area contributed by atoms with E-state index >= 15 is 0 Å². The Morgan fingerprint density at radius 2 is 2.18 bits per heavy atom. The van der Waals surface area contributed by atoms with E-state index in [0.29, 0.717) is 10.6 Å². The fraction of sp³-hybridized carbons (Fsp3) is 0.143. The van der Waals surface area contributed by atoms with Crippen molar-refractivity contribution in [3.63, 3.8) is 0 Å². The third kappa shape index (κ3) is 2.04. The Balaban J connectivity index is 3.20. The van der Waals surface area contributed by atoms with Crippen LogP contribution in [0.2, 0.25) is 0 Å². The molecule has 0 fully saturated rings. The highest BCUT2D eigenvalue weighted by atomic mass is 79.9. The predicted octanol–water partition coefficient (Wildman–Crippen LogP) is 1.77. The number of hydrogen-bond acceptors (Lipinski definition) is 2. The van der Waals surface area contributed by atoms with Crippen LogP contribution in [-0.2, 0) is 10.8 Å². The summed E-state index contributed by atoms with van der Waals surface area (Å²) in [4.78, 5) is 0.688. The van der Waals surface area contributed by atoms with Crippen molar-refractivity contribution < 1.29 is 4.21 Å². The molecule has 1 atom stereocenters. The van der Waals surface area contributed by atoms with E-state index in [1.54, 1.807) is 18.4 Å². The van der Waals surface area contributed by atoms with Crippen molar-refractivity contribution in [2.24, 2.45) is 0 Å². The maximum absolute atomic E-state index is 11.0. The molecule has 4 heteroatoms. The van der Waals surface area contributed by atoms with Gasteiger partial charge in [-0.25, -0.2) is 0 Å². The van der Waals surface area contributed by atoms with Gasteiger partial charge in [0.1, 0.15) is 0 Å². The number of nitrogen functional groups attached to an aromatic ring is 1. The average molecular weight is 234 g/mol. The molecule has 0 aliphatic carbocycles. The summed E-state index contributed by atoms with van der Waals surface area (Å²) in [6.07, 6.45) is 1.61. The van der Waals surface area contributed by atoms with E-state index in [2.05, 4.69) is 15.9 Å². The third-order valence-corrected chi connectivity index (χ3v) is 2.77. The van der Waals surface area contributed by atoms with Gasteiger partial charge in [-0.2, -0.15) is 0 Å². The number of benzene rings is 1. The summed E-state index contributed by atoms with van der Waals surface area (Å²) in [7, 11) is -0.995. The molecule has 60 valence electrons. The smallest absolute Gasteiger partial charge is 0.0615 e. The summed E-state index contributed by atoms with van der Waals surface area (Å²) in [5, 5.41) is 0. The van der Waals surface area contributed by atoms with Gasteiger partial charge in [0, 0.05) is 16.4 Å². The molecule has 0 bridgehead atoms. The minimum Gasteiger partial charge on any atom is -0.398 e. The van der Waals surface area contributed by atoms with Crippen LogP contribution in [0.25, 0.3) is 0 Å². The molecule has 0 amide bonds. The van der Waals surface area contributed by atoms with Crippen molar-refractivity contribution in [1.82, 2.24) is 0 Å². The van der Waals surface area contributed by atoms with E-state index in [1.807, 2.05) is 6.07 Å². The summed E-state index contributed by atoms with van der Waals surface area (Å²) in [6.45, 7) is 0. The van der Waals surface area contributed by atoms with E-state index < -0.39 is 10.8 Å². The number of rotatable bonds is 1. The first-order valence-corrected chi connectivity index (χ1v) is 5.35. The van der Waals surface area contributed by atoms with Crippen LogP contribution < -0.4 is 5.73 Å². The molecule has 0 aliphatic heterocycles. The van der Waals surface area contributed by atoms with Gasteiger partial charge in [-0.3, -0.25) is 4.21 Å². The first-order valence-electron chi connectivity index (χ1n) is 2.99. The van der Waals surface area contributed by atoms with Crippen LogP contribution in [0.1, 0.15) is 0 Å². The second-order valence-corrected chi connectivity index (χ2v) is 4.40. The molecule has 0 saturated carbocycles. The molecule has 0 aliphatic rings. The first kappa shape index (κ1) is 8.74. The number of hydrogen-bond donors (Lipinski definition) is 1. The summed E-state index contributed by atoms with van der Waals surface area (Å²) < 4.78 is 11.9.